The molecule has 0 saturated carbocycles. The fourth-order valence-electron chi connectivity index (χ4n) is 7.70. The van der Waals surface area contributed by atoms with Crippen LogP contribution in [0.1, 0.15) is 113 Å². The molecule has 2 aliphatic rings. The van der Waals surface area contributed by atoms with Crippen LogP contribution in [0.5, 0.6) is 5.75 Å². The van der Waals surface area contributed by atoms with Crippen molar-refractivity contribution in [3.8, 4) is 11.4 Å². The van der Waals surface area contributed by atoms with Gasteiger partial charge in [-0.15, -0.1) is 10.2 Å². The summed E-state index contributed by atoms with van der Waals surface area (Å²) in [5, 5.41) is 26.3. The first-order chi connectivity index (χ1) is 25.1. The summed E-state index contributed by atoms with van der Waals surface area (Å²) < 4.78 is 24.8. The van der Waals surface area contributed by atoms with E-state index in [1.54, 1.807) is 16.8 Å². The monoisotopic (exact) mass is 707 g/mol. The Hall–Kier alpha value is -4.77. The number of fused-ring (bicyclic) bond motifs is 2. The van der Waals surface area contributed by atoms with Gasteiger partial charge in [-0.3, -0.25) is 9.20 Å². The topological polar surface area (TPSA) is 110 Å². The van der Waals surface area contributed by atoms with Crippen molar-refractivity contribution >= 4 is 23.3 Å². The Kier molecular flexibility index (Phi) is 10.3. The maximum absolute atomic E-state index is 14.4. The van der Waals surface area contributed by atoms with E-state index in [0.29, 0.717) is 35.4 Å². The third-order valence-corrected chi connectivity index (χ3v) is 10.6. The third-order valence-electron chi connectivity index (χ3n) is 10.6. The average Bonchev–Trinajstić information content (AvgIpc) is 3.75. The highest BCUT2D eigenvalue weighted by atomic mass is 19.1. The number of halogens is 1. The number of rotatable bonds is 11. The summed E-state index contributed by atoms with van der Waals surface area (Å²) in [6, 6.07) is 19.5. The lowest BCUT2D eigenvalue weighted by Crippen LogP contribution is -2.38. The Balaban J connectivity index is 1.01. The molecular formula is C41H50FN7O3. The minimum atomic E-state index is -0.376. The zero-order valence-corrected chi connectivity index (χ0v) is 30.7. The quantitative estimate of drug-likeness (QED) is 0.143. The van der Waals surface area contributed by atoms with Crippen LogP contribution in [0.25, 0.3) is 11.3 Å². The predicted octanol–water partition coefficient (Wildman–Crippen LogP) is 8.07. The molecule has 11 heteroatoms. The molecule has 5 aromatic rings. The number of benzene rings is 2. The molecule has 274 valence electrons. The number of nitrogens with zero attached hydrogens (tertiary/aromatic N) is 6. The van der Waals surface area contributed by atoms with Gasteiger partial charge < -0.3 is 20.1 Å². The molecule has 1 aliphatic carbocycles. The van der Waals surface area contributed by atoms with Crippen LogP contribution >= 0.6 is 0 Å². The van der Waals surface area contributed by atoms with Crippen LogP contribution in [0, 0.1) is 5.82 Å². The molecule has 3 atom stereocenters. The minimum absolute atomic E-state index is 0.0660. The van der Waals surface area contributed by atoms with Gasteiger partial charge in [-0.05, 0) is 111 Å². The Morgan fingerprint density at radius 2 is 1.85 bits per heavy atom. The van der Waals surface area contributed by atoms with Crippen LogP contribution < -0.4 is 15.0 Å². The van der Waals surface area contributed by atoms with E-state index in [0.717, 1.165) is 68.1 Å². The number of hydrogen-bond donors (Lipinski definition) is 2. The fourth-order valence-corrected chi connectivity index (χ4v) is 7.70. The molecule has 3 aromatic heterocycles. The van der Waals surface area contributed by atoms with E-state index in [-0.39, 0.29) is 36.3 Å². The number of aliphatic hydroxyl groups is 1. The van der Waals surface area contributed by atoms with Crippen molar-refractivity contribution in [2.75, 3.05) is 23.4 Å². The lowest BCUT2D eigenvalue weighted by molar-refractivity contribution is -0.116. The first-order valence-corrected chi connectivity index (χ1v) is 18.8. The fraction of sp³-hybridized carbons (Fsp3) is 0.463. The van der Waals surface area contributed by atoms with Gasteiger partial charge in [-0.2, -0.15) is 5.10 Å². The molecule has 1 saturated heterocycles. The summed E-state index contributed by atoms with van der Waals surface area (Å²) in [6.07, 6.45) is 9.56. The summed E-state index contributed by atoms with van der Waals surface area (Å²) in [4.78, 5) is 15.7. The van der Waals surface area contributed by atoms with Crippen molar-refractivity contribution in [3.63, 3.8) is 0 Å². The number of hydrogen-bond acceptors (Lipinski definition) is 7. The number of aliphatic hydroxyl groups excluding tert-OH is 1. The first-order valence-electron chi connectivity index (χ1n) is 18.8. The van der Waals surface area contributed by atoms with E-state index in [9.17, 15) is 14.3 Å². The molecule has 1 amide bonds. The number of carbonyl (C=O) groups is 1. The van der Waals surface area contributed by atoms with Gasteiger partial charge in [0, 0.05) is 37.1 Å². The predicted molar refractivity (Wildman–Crippen MR) is 201 cm³/mol. The zero-order valence-electron chi connectivity index (χ0n) is 30.7. The zero-order chi connectivity index (χ0) is 36.4. The molecule has 4 heterocycles. The molecule has 0 radical (unpaired) electrons. The number of carbonyl (C=O) groups excluding carboxylic acids is 1. The van der Waals surface area contributed by atoms with E-state index in [1.165, 1.54) is 23.6 Å². The highest BCUT2D eigenvalue weighted by molar-refractivity contribution is 5.90. The van der Waals surface area contributed by atoms with Crippen molar-refractivity contribution in [2.45, 2.75) is 109 Å². The second kappa shape index (κ2) is 15.1. The SMILES string of the molecule is C[C@H]1CCCCN1c1nnc2ccc(O[C@@H]3CC[C@H](CCCC(=O)Nc4cc(C(C)(C)C)nn4-c4ccc(F)c(CCO)c4)c4ccccc43)cn12. The number of ether oxygens (including phenoxy) is 1. The molecule has 10 nitrogen and oxygen atoms in total. The first kappa shape index (κ1) is 35.6. The summed E-state index contributed by atoms with van der Waals surface area (Å²) in [5.74, 6) is 2.08. The van der Waals surface area contributed by atoms with E-state index in [4.69, 9.17) is 9.84 Å². The average molecular weight is 708 g/mol. The summed E-state index contributed by atoms with van der Waals surface area (Å²) >= 11 is 0. The van der Waals surface area contributed by atoms with Gasteiger partial charge >= 0.3 is 0 Å². The van der Waals surface area contributed by atoms with Gasteiger partial charge in [0.15, 0.2) is 5.65 Å². The van der Waals surface area contributed by atoms with Gasteiger partial charge in [0.05, 0.1) is 17.6 Å². The van der Waals surface area contributed by atoms with Gasteiger partial charge in [0.1, 0.15) is 23.5 Å². The summed E-state index contributed by atoms with van der Waals surface area (Å²) in [5.41, 5.74) is 4.89. The number of pyridine rings is 1. The van der Waals surface area contributed by atoms with Crippen LogP contribution in [0.3, 0.4) is 0 Å². The second-order valence-electron chi connectivity index (χ2n) is 15.4. The lowest BCUT2D eigenvalue weighted by Gasteiger charge is -2.33. The molecule has 1 fully saturated rings. The molecule has 2 N–H and O–H groups in total. The lowest BCUT2D eigenvalue weighted by atomic mass is 9.79. The number of aromatic nitrogens is 5. The Morgan fingerprint density at radius 3 is 2.63 bits per heavy atom. The van der Waals surface area contributed by atoms with Crippen molar-refractivity contribution in [1.82, 2.24) is 24.4 Å². The number of amides is 1. The van der Waals surface area contributed by atoms with Gasteiger partial charge in [0.25, 0.3) is 0 Å². The Morgan fingerprint density at radius 1 is 1.02 bits per heavy atom. The molecule has 0 bridgehead atoms. The minimum Gasteiger partial charge on any atom is -0.484 e. The molecule has 0 unspecified atom stereocenters. The van der Waals surface area contributed by atoms with Crippen LogP contribution in [0.15, 0.2) is 66.9 Å². The van der Waals surface area contributed by atoms with E-state index in [1.807, 2.05) is 24.4 Å². The number of nitrogens with one attached hydrogen (secondary N) is 1. The molecule has 2 aromatic carbocycles. The highest BCUT2D eigenvalue weighted by Gasteiger charge is 2.29. The largest absolute Gasteiger partial charge is 0.484 e. The number of piperidine rings is 1. The van der Waals surface area contributed by atoms with Gasteiger partial charge in [-0.1, -0.05) is 45.0 Å². The van der Waals surface area contributed by atoms with E-state index in [2.05, 4.69) is 76.8 Å². The highest BCUT2D eigenvalue weighted by Crippen LogP contribution is 2.42. The molecule has 7 rings (SSSR count). The maximum atomic E-state index is 14.4. The van der Waals surface area contributed by atoms with Gasteiger partial charge in [0.2, 0.25) is 11.9 Å². The summed E-state index contributed by atoms with van der Waals surface area (Å²) in [7, 11) is 0. The number of anilines is 2. The van der Waals surface area contributed by atoms with Crippen LogP contribution in [-0.2, 0) is 16.6 Å². The Labute approximate surface area is 305 Å². The normalized spacial score (nSPS) is 19.1. The van der Waals surface area contributed by atoms with E-state index >= 15 is 0 Å². The Bertz CT molecular complexity index is 2030. The van der Waals surface area contributed by atoms with Crippen molar-refractivity contribution < 1.29 is 19.0 Å². The maximum Gasteiger partial charge on any atom is 0.232 e. The van der Waals surface area contributed by atoms with Crippen LogP contribution in [0.2, 0.25) is 0 Å². The van der Waals surface area contributed by atoms with Crippen molar-refractivity contribution in [3.05, 3.63) is 95.1 Å². The van der Waals surface area contributed by atoms with E-state index < -0.39 is 0 Å². The van der Waals surface area contributed by atoms with Gasteiger partial charge in [-0.25, -0.2) is 9.07 Å². The van der Waals surface area contributed by atoms with Crippen molar-refractivity contribution in [2.24, 2.45) is 0 Å². The molecular weight excluding hydrogens is 657 g/mol. The van der Waals surface area contributed by atoms with Crippen molar-refractivity contribution in [1.29, 1.82) is 0 Å². The third kappa shape index (κ3) is 7.55. The smallest absolute Gasteiger partial charge is 0.232 e. The second-order valence-corrected chi connectivity index (χ2v) is 15.4. The molecule has 52 heavy (non-hydrogen) atoms. The van der Waals surface area contributed by atoms with Crippen LogP contribution in [-0.4, -0.2) is 54.6 Å². The molecule has 0 spiro atoms. The summed E-state index contributed by atoms with van der Waals surface area (Å²) in [6.45, 7) is 9.27. The standard InChI is InChI=1S/C41H50FN7O3/c1-27-10-7-8-22-47(27)40-45-44-37-20-17-31(26-48(37)40)52-35-19-15-28(32-12-5-6-13-33(32)35)11-9-14-39(51)43-38-25-36(41(2,3)4)46-49(38)30-16-18-34(42)29(24-30)21-23-50/h5-6,12-13,16-18,20,24-28,35,50H,7-11,14-15,19,21-23H2,1-4H3,(H,43,51)/t27-,28-,35+/m0/s1. The molecule has 1 aliphatic heterocycles. The van der Waals surface area contributed by atoms with Crippen LogP contribution in [0.4, 0.5) is 16.2 Å².